The Balaban J connectivity index is 1.85. The molecule has 24 heavy (non-hydrogen) atoms. The van der Waals surface area contributed by atoms with Crippen molar-refractivity contribution in [1.29, 1.82) is 0 Å². The van der Waals surface area contributed by atoms with Crippen LogP contribution in [0.4, 0.5) is 5.69 Å². The zero-order valence-corrected chi connectivity index (χ0v) is 14.3. The number of hydrogen-bond donors (Lipinski definition) is 1. The van der Waals surface area contributed by atoms with Crippen molar-refractivity contribution in [3.63, 3.8) is 0 Å². The van der Waals surface area contributed by atoms with Crippen LogP contribution in [0.25, 0.3) is 5.69 Å². The van der Waals surface area contributed by atoms with Gasteiger partial charge in [0, 0.05) is 22.7 Å². The smallest absolute Gasteiger partial charge is 0.167 e. The van der Waals surface area contributed by atoms with Crippen molar-refractivity contribution in [2.24, 2.45) is 0 Å². The number of ketones is 1. The van der Waals surface area contributed by atoms with E-state index < -0.39 is 0 Å². The normalized spacial score (nSPS) is 10.8. The van der Waals surface area contributed by atoms with Crippen molar-refractivity contribution in [3.8, 4) is 5.69 Å². The van der Waals surface area contributed by atoms with Crippen LogP contribution in [-0.2, 0) is 6.42 Å². The summed E-state index contributed by atoms with van der Waals surface area (Å²) in [6, 6.07) is 14.6. The number of nitrogens with two attached hydrogens (primary N) is 1. The molecule has 2 aromatic carbocycles. The minimum absolute atomic E-state index is 0.0175. The largest absolute Gasteiger partial charge is 0.397 e. The number of nitrogens with zero attached hydrogens (tertiary/aromatic N) is 2. The molecule has 0 aliphatic rings. The first-order valence-electron chi connectivity index (χ1n) is 7.65. The highest BCUT2D eigenvalue weighted by molar-refractivity contribution is 6.30. The Morgan fingerprint density at radius 2 is 1.83 bits per heavy atom. The van der Waals surface area contributed by atoms with Gasteiger partial charge in [-0.15, -0.1) is 0 Å². The molecule has 0 unspecified atom stereocenters. The Labute approximate surface area is 145 Å². The van der Waals surface area contributed by atoms with Gasteiger partial charge in [-0.25, -0.2) is 4.68 Å². The Morgan fingerprint density at radius 1 is 1.12 bits per heavy atom. The molecule has 3 rings (SSSR count). The molecule has 4 nitrogen and oxygen atoms in total. The maximum atomic E-state index is 12.5. The van der Waals surface area contributed by atoms with Crippen LogP contribution in [0.15, 0.2) is 48.5 Å². The SMILES string of the molecule is Cc1cc(C)n(-c2ccc(C(=O)Cc3ccc(Cl)cc3)cc2N)n1. The van der Waals surface area contributed by atoms with Gasteiger partial charge in [0.05, 0.1) is 17.1 Å². The van der Waals surface area contributed by atoms with Gasteiger partial charge in [0.2, 0.25) is 0 Å². The van der Waals surface area contributed by atoms with Crippen LogP contribution in [0.5, 0.6) is 0 Å². The lowest BCUT2D eigenvalue weighted by molar-refractivity contribution is 0.0993. The predicted molar refractivity (Wildman–Crippen MR) is 96.9 cm³/mol. The zero-order chi connectivity index (χ0) is 17.3. The van der Waals surface area contributed by atoms with E-state index >= 15 is 0 Å². The molecule has 5 heteroatoms. The molecule has 1 heterocycles. The van der Waals surface area contributed by atoms with Gasteiger partial charge in [0.25, 0.3) is 0 Å². The van der Waals surface area contributed by atoms with Crippen molar-refractivity contribution in [2.45, 2.75) is 20.3 Å². The summed E-state index contributed by atoms with van der Waals surface area (Å²) in [7, 11) is 0. The minimum atomic E-state index is 0.0175. The predicted octanol–water partition coefficient (Wildman–Crippen LogP) is 4.15. The highest BCUT2D eigenvalue weighted by Crippen LogP contribution is 2.22. The lowest BCUT2D eigenvalue weighted by atomic mass is 10.0. The monoisotopic (exact) mass is 339 g/mol. The van der Waals surface area contributed by atoms with E-state index in [0.717, 1.165) is 22.6 Å². The van der Waals surface area contributed by atoms with Crippen LogP contribution < -0.4 is 5.73 Å². The van der Waals surface area contributed by atoms with Crippen molar-refractivity contribution in [2.75, 3.05) is 5.73 Å². The molecule has 0 amide bonds. The van der Waals surface area contributed by atoms with Crippen molar-refractivity contribution in [1.82, 2.24) is 9.78 Å². The van der Waals surface area contributed by atoms with Crippen LogP contribution in [0.1, 0.15) is 27.3 Å². The topological polar surface area (TPSA) is 60.9 Å². The number of hydrogen-bond acceptors (Lipinski definition) is 3. The summed E-state index contributed by atoms with van der Waals surface area (Å²) in [5.74, 6) is 0.0175. The fourth-order valence-electron chi connectivity index (χ4n) is 2.68. The Morgan fingerprint density at radius 3 is 2.42 bits per heavy atom. The molecule has 0 aliphatic heterocycles. The summed E-state index contributed by atoms with van der Waals surface area (Å²) in [4.78, 5) is 12.5. The van der Waals surface area contributed by atoms with Crippen molar-refractivity contribution >= 4 is 23.1 Å². The van der Waals surface area contributed by atoms with Gasteiger partial charge in [-0.1, -0.05) is 23.7 Å². The summed E-state index contributed by atoms with van der Waals surface area (Å²) in [5.41, 5.74) is 10.9. The summed E-state index contributed by atoms with van der Waals surface area (Å²) in [6.45, 7) is 3.91. The lowest BCUT2D eigenvalue weighted by Gasteiger charge is -2.10. The van der Waals surface area contributed by atoms with Gasteiger partial charge in [0.1, 0.15) is 0 Å². The molecule has 0 saturated carbocycles. The average molecular weight is 340 g/mol. The van der Waals surface area contributed by atoms with Crippen molar-refractivity contribution in [3.05, 3.63) is 76.1 Å². The third-order valence-corrected chi connectivity index (χ3v) is 4.12. The highest BCUT2D eigenvalue weighted by atomic mass is 35.5. The Hall–Kier alpha value is -2.59. The molecule has 0 bridgehead atoms. The summed E-state index contributed by atoms with van der Waals surface area (Å²) in [6.07, 6.45) is 0.315. The quantitative estimate of drug-likeness (QED) is 0.573. The molecular weight excluding hydrogens is 322 g/mol. The Bertz CT molecular complexity index is 897. The van der Waals surface area contributed by atoms with Gasteiger partial charge in [-0.3, -0.25) is 4.79 Å². The van der Waals surface area contributed by atoms with Gasteiger partial charge in [-0.05, 0) is 55.8 Å². The zero-order valence-electron chi connectivity index (χ0n) is 13.6. The number of anilines is 1. The highest BCUT2D eigenvalue weighted by Gasteiger charge is 2.12. The molecule has 0 fully saturated rings. The fraction of sp³-hybridized carbons (Fsp3) is 0.158. The second kappa shape index (κ2) is 6.49. The number of aromatic nitrogens is 2. The first-order valence-corrected chi connectivity index (χ1v) is 8.02. The summed E-state index contributed by atoms with van der Waals surface area (Å²) >= 11 is 5.87. The third-order valence-electron chi connectivity index (χ3n) is 3.87. The number of carbonyl (C=O) groups excluding carboxylic acids is 1. The van der Waals surface area contributed by atoms with Gasteiger partial charge in [-0.2, -0.15) is 5.10 Å². The molecule has 0 aliphatic carbocycles. The van der Waals surface area contributed by atoms with E-state index in [4.69, 9.17) is 17.3 Å². The average Bonchev–Trinajstić information content (AvgIpc) is 2.88. The second-order valence-corrected chi connectivity index (χ2v) is 6.28. The maximum Gasteiger partial charge on any atom is 0.167 e. The molecule has 0 spiro atoms. The number of halogens is 1. The number of aryl methyl sites for hydroxylation is 2. The molecule has 0 atom stereocenters. The van der Waals surface area contributed by atoms with E-state index in [1.54, 1.807) is 28.9 Å². The number of carbonyl (C=O) groups is 1. The summed E-state index contributed by atoms with van der Waals surface area (Å²) in [5, 5.41) is 5.09. The van der Waals surface area contributed by atoms with E-state index in [-0.39, 0.29) is 5.78 Å². The fourth-order valence-corrected chi connectivity index (χ4v) is 2.81. The van der Waals surface area contributed by atoms with E-state index in [2.05, 4.69) is 5.10 Å². The minimum Gasteiger partial charge on any atom is -0.397 e. The number of benzene rings is 2. The van der Waals surface area contributed by atoms with Gasteiger partial charge >= 0.3 is 0 Å². The standard InChI is InChI=1S/C19H18ClN3O/c1-12-9-13(2)23(22-12)18-8-5-15(11-17(18)21)19(24)10-14-3-6-16(20)7-4-14/h3-9,11H,10,21H2,1-2H3. The molecule has 2 N–H and O–H groups in total. The number of Topliss-reactive ketones (excluding diaryl/α,β-unsaturated/α-hetero) is 1. The number of nitrogen functional groups attached to an aromatic ring is 1. The first-order chi connectivity index (χ1) is 11.4. The van der Waals surface area contributed by atoms with E-state index in [1.807, 2.05) is 38.1 Å². The van der Waals surface area contributed by atoms with Gasteiger partial charge in [0.15, 0.2) is 5.78 Å². The maximum absolute atomic E-state index is 12.5. The van der Waals surface area contributed by atoms with E-state index in [0.29, 0.717) is 22.7 Å². The molecule has 122 valence electrons. The van der Waals surface area contributed by atoms with E-state index in [9.17, 15) is 4.79 Å². The molecular formula is C19H18ClN3O. The molecule has 0 radical (unpaired) electrons. The summed E-state index contributed by atoms with van der Waals surface area (Å²) < 4.78 is 1.79. The van der Waals surface area contributed by atoms with E-state index in [1.165, 1.54) is 0 Å². The van der Waals surface area contributed by atoms with Crippen LogP contribution in [0.2, 0.25) is 5.02 Å². The number of rotatable bonds is 4. The Kier molecular flexibility index (Phi) is 4.40. The second-order valence-electron chi connectivity index (χ2n) is 5.84. The first kappa shape index (κ1) is 16.3. The lowest BCUT2D eigenvalue weighted by Crippen LogP contribution is -2.08. The van der Waals surface area contributed by atoms with Crippen LogP contribution >= 0.6 is 11.6 Å². The van der Waals surface area contributed by atoms with Crippen LogP contribution in [0.3, 0.4) is 0 Å². The van der Waals surface area contributed by atoms with Crippen LogP contribution in [-0.4, -0.2) is 15.6 Å². The van der Waals surface area contributed by atoms with Crippen molar-refractivity contribution < 1.29 is 4.79 Å². The molecule has 1 aromatic heterocycles. The molecule has 0 saturated heterocycles. The molecule has 3 aromatic rings. The van der Waals surface area contributed by atoms with Crippen LogP contribution in [0, 0.1) is 13.8 Å². The van der Waals surface area contributed by atoms with Gasteiger partial charge < -0.3 is 5.73 Å². The third kappa shape index (κ3) is 3.34.